The molecule has 2 aromatic rings. The number of esters is 1. The Kier molecular flexibility index (Phi) is 3.95. The van der Waals surface area contributed by atoms with Crippen molar-refractivity contribution in [3.05, 3.63) is 44.1 Å². The van der Waals surface area contributed by atoms with Crippen molar-refractivity contribution in [3.8, 4) is 11.1 Å². The molecule has 0 bridgehead atoms. The van der Waals surface area contributed by atoms with Gasteiger partial charge in [0.05, 0.1) is 7.11 Å². The summed E-state index contributed by atoms with van der Waals surface area (Å²) in [5.74, 6) is -0.362. The Hall–Kier alpha value is -1.03. The fraction of sp³-hybridized carbons (Fsp3) is 0.154. The minimum absolute atomic E-state index is 0.362. The summed E-state index contributed by atoms with van der Waals surface area (Å²) >= 11 is 13.5. The zero-order valence-electron chi connectivity index (χ0n) is 9.79. The van der Waals surface area contributed by atoms with Gasteiger partial charge in [-0.15, -0.1) is 11.3 Å². The number of thiophene rings is 1. The third-order valence-corrected chi connectivity index (χ3v) is 4.19. The molecule has 1 heterocycles. The van der Waals surface area contributed by atoms with E-state index in [1.54, 1.807) is 18.2 Å². The predicted octanol–water partition coefficient (Wildman–Crippen LogP) is 4.82. The normalized spacial score (nSPS) is 10.4. The van der Waals surface area contributed by atoms with Crippen LogP contribution in [0.3, 0.4) is 0 Å². The molecule has 0 aliphatic heterocycles. The summed E-state index contributed by atoms with van der Waals surface area (Å²) in [5, 5.41) is 3.04. The van der Waals surface area contributed by atoms with Crippen molar-refractivity contribution in [3.63, 3.8) is 0 Å². The lowest BCUT2D eigenvalue weighted by atomic mass is 10.0. The molecule has 0 aliphatic rings. The zero-order chi connectivity index (χ0) is 13.3. The number of benzene rings is 1. The molecule has 0 aliphatic carbocycles. The molecule has 0 saturated carbocycles. The monoisotopic (exact) mass is 300 g/mol. The lowest BCUT2D eigenvalue weighted by molar-refractivity contribution is 0.0607. The van der Waals surface area contributed by atoms with Gasteiger partial charge in [0.2, 0.25) is 0 Å². The third kappa shape index (κ3) is 2.39. The van der Waals surface area contributed by atoms with Crippen LogP contribution in [0.1, 0.15) is 15.2 Å². The van der Waals surface area contributed by atoms with Gasteiger partial charge in [-0.05, 0) is 36.1 Å². The van der Waals surface area contributed by atoms with Crippen LogP contribution in [0.15, 0.2) is 23.6 Å². The van der Waals surface area contributed by atoms with Gasteiger partial charge < -0.3 is 4.74 Å². The van der Waals surface area contributed by atoms with E-state index in [0.29, 0.717) is 14.9 Å². The van der Waals surface area contributed by atoms with Gasteiger partial charge in [-0.2, -0.15) is 0 Å². The van der Waals surface area contributed by atoms with Crippen LogP contribution in [0.25, 0.3) is 11.1 Å². The summed E-state index contributed by atoms with van der Waals surface area (Å²) in [6.45, 7) is 1.93. The van der Waals surface area contributed by atoms with Crippen molar-refractivity contribution >= 4 is 40.5 Å². The molecule has 2 nitrogen and oxygen atoms in total. The van der Waals surface area contributed by atoms with E-state index in [9.17, 15) is 4.79 Å². The topological polar surface area (TPSA) is 26.3 Å². The minimum Gasteiger partial charge on any atom is -0.465 e. The molecule has 94 valence electrons. The van der Waals surface area contributed by atoms with Crippen LogP contribution in [0.2, 0.25) is 10.0 Å². The molecule has 1 aromatic carbocycles. The third-order valence-electron chi connectivity index (χ3n) is 2.54. The Balaban J connectivity index is 2.66. The van der Waals surface area contributed by atoms with Crippen LogP contribution in [0.4, 0.5) is 0 Å². The summed E-state index contributed by atoms with van der Waals surface area (Å²) < 4.78 is 4.78. The van der Waals surface area contributed by atoms with Crippen LogP contribution in [0.5, 0.6) is 0 Å². The number of halogens is 2. The Labute approximate surface area is 119 Å². The molecule has 1 aromatic heterocycles. The number of carbonyl (C=O) groups is 1. The standard InChI is InChI=1S/C13H10Cl2O2S/c1-7-6-18-12(13(16)17-2)11(7)9-5-8(14)3-4-10(9)15/h3-6H,1-2H3. The van der Waals surface area contributed by atoms with Crippen molar-refractivity contribution in [1.29, 1.82) is 0 Å². The van der Waals surface area contributed by atoms with Gasteiger partial charge in [-0.25, -0.2) is 4.79 Å². The first-order chi connectivity index (χ1) is 8.54. The van der Waals surface area contributed by atoms with Gasteiger partial charge in [0.1, 0.15) is 4.88 Å². The number of ether oxygens (including phenoxy) is 1. The van der Waals surface area contributed by atoms with Crippen molar-refractivity contribution in [1.82, 2.24) is 0 Å². The highest BCUT2D eigenvalue weighted by atomic mass is 35.5. The average Bonchev–Trinajstić information content (AvgIpc) is 2.73. The van der Waals surface area contributed by atoms with E-state index in [2.05, 4.69) is 0 Å². The van der Waals surface area contributed by atoms with Crippen LogP contribution in [-0.2, 0) is 4.74 Å². The van der Waals surface area contributed by atoms with Gasteiger partial charge in [0.15, 0.2) is 0 Å². The van der Waals surface area contributed by atoms with Crippen molar-refractivity contribution in [2.75, 3.05) is 7.11 Å². The van der Waals surface area contributed by atoms with Gasteiger partial charge in [0.25, 0.3) is 0 Å². The van der Waals surface area contributed by atoms with E-state index in [0.717, 1.165) is 16.7 Å². The molecule has 5 heteroatoms. The first-order valence-electron chi connectivity index (χ1n) is 5.16. The summed E-state index contributed by atoms with van der Waals surface area (Å²) in [6, 6.07) is 5.19. The average molecular weight is 301 g/mol. The first kappa shape index (κ1) is 13.4. The molecular weight excluding hydrogens is 291 g/mol. The molecule has 0 fully saturated rings. The SMILES string of the molecule is COC(=O)c1scc(C)c1-c1cc(Cl)ccc1Cl. The number of rotatable bonds is 2. The Morgan fingerprint density at radius 3 is 2.72 bits per heavy atom. The van der Waals surface area contributed by atoms with E-state index in [-0.39, 0.29) is 5.97 Å². The molecule has 0 atom stereocenters. The Bertz CT molecular complexity index is 605. The van der Waals surface area contributed by atoms with E-state index in [1.807, 2.05) is 12.3 Å². The predicted molar refractivity (Wildman–Crippen MR) is 75.9 cm³/mol. The highest BCUT2D eigenvalue weighted by Crippen LogP contribution is 2.38. The second-order valence-electron chi connectivity index (χ2n) is 3.74. The number of carbonyl (C=O) groups excluding carboxylic acids is 1. The molecule has 0 amide bonds. The Morgan fingerprint density at radius 2 is 2.06 bits per heavy atom. The molecule has 0 spiro atoms. The minimum atomic E-state index is -0.362. The molecule has 0 radical (unpaired) electrons. The quantitative estimate of drug-likeness (QED) is 0.744. The molecular formula is C13H10Cl2O2S. The van der Waals surface area contributed by atoms with E-state index < -0.39 is 0 Å². The van der Waals surface area contributed by atoms with Gasteiger partial charge in [0, 0.05) is 21.2 Å². The summed E-state index contributed by atoms with van der Waals surface area (Å²) in [6.07, 6.45) is 0. The number of methoxy groups -OCH3 is 1. The maximum atomic E-state index is 11.7. The van der Waals surface area contributed by atoms with Gasteiger partial charge in [-0.3, -0.25) is 0 Å². The first-order valence-corrected chi connectivity index (χ1v) is 6.80. The van der Waals surface area contributed by atoms with Crippen LogP contribution >= 0.6 is 34.5 Å². The fourth-order valence-corrected chi connectivity index (χ4v) is 3.08. The highest BCUT2D eigenvalue weighted by molar-refractivity contribution is 7.12. The summed E-state index contributed by atoms with van der Waals surface area (Å²) in [5.41, 5.74) is 2.52. The van der Waals surface area contributed by atoms with E-state index in [1.165, 1.54) is 18.4 Å². The molecule has 0 unspecified atom stereocenters. The molecule has 18 heavy (non-hydrogen) atoms. The molecule has 2 rings (SSSR count). The number of hydrogen-bond acceptors (Lipinski definition) is 3. The second-order valence-corrected chi connectivity index (χ2v) is 5.46. The van der Waals surface area contributed by atoms with E-state index in [4.69, 9.17) is 27.9 Å². The Morgan fingerprint density at radius 1 is 1.33 bits per heavy atom. The van der Waals surface area contributed by atoms with Crippen molar-refractivity contribution < 1.29 is 9.53 Å². The highest BCUT2D eigenvalue weighted by Gasteiger charge is 2.20. The van der Waals surface area contributed by atoms with E-state index >= 15 is 0 Å². The second kappa shape index (κ2) is 5.31. The van der Waals surface area contributed by atoms with Crippen LogP contribution in [-0.4, -0.2) is 13.1 Å². The summed E-state index contributed by atoms with van der Waals surface area (Å²) in [7, 11) is 1.36. The van der Waals surface area contributed by atoms with Crippen molar-refractivity contribution in [2.24, 2.45) is 0 Å². The largest absolute Gasteiger partial charge is 0.465 e. The fourth-order valence-electron chi connectivity index (χ4n) is 1.71. The van der Waals surface area contributed by atoms with Crippen molar-refractivity contribution in [2.45, 2.75) is 6.92 Å². The summed E-state index contributed by atoms with van der Waals surface area (Å²) in [4.78, 5) is 12.3. The smallest absolute Gasteiger partial charge is 0.348 e. The maximum Gasteiger partial charge on any atom is 0.348 e. The zero-order valence-corrected chi connectivity index (χ0v) is 12.1. The number of aryl methyl sites for hydroxylation is 1. The van der Waals surface area contributed by atoms with Gasteiger partial charge >= 0.3 is 5.97 Å². The lowest BCUT2D eigenvalue weighted by Gasteiger charge is -2.07. The van der Waals surface area contributed by atoms with Crippen LogP contribution < -0.4 is 0 Å². The van der Waals surface area contributed by atoms with Gasteiger partial charge in [-0.1, -0.05) is 23.2 Å². The van der Waals surface area contributed by atoms with Crippen LogP contribution in [0, 0.1) is 6.92 Å². The molecule has 0 N–H and O–H groups in total. The number of hydrogen-bond donors (Lipinski definition) is 0. The molecule has 0 saturated heterocycles. The maximum absolute atomic E-state index is 11.7. The lowest BCUT2D eigenvalue weighted by Crippen LogP contribution is -2.00.